The van der Waals surface area contributed by atoms with Gasteiger partial charge < -0.3 is 24.5 Å². The second-order valence-electron chi connectivity index (χ2n) is 16.0. The molecule has 0 spiro atoms. The van der Waals surface area contributed by atoms with Crippen LogP contribution in [0.2, 0.25) is 0 Å². The summed E-state index contributed by atoms with van der Waals surface area (Å²) in [6.07, 6.45) is 11.8. The van der Waals surface area contributed by atoms with Crippen molar-refractivity contribution in [3.8, 4) is 12.5 Å². The van der Waals surface area contributed by atoms with Crippen LogP contribution < -0.4 is 10.7 Å². The van der Waals surface area contributed by atoms with Crippen LogP contribution in [0.4, 0.5) is 5.82 Å². The fourth-order valence-corrected chi connectivity index (χ4v) is 8.98. The van der Waals surface area contributed by atoms with E-state index in [0.29, 0.717) is 49.5 Å². The highest BCUT2D eigenvalue weighted by Gasteiger charge is 2.43. The Morgan fingerprint density at radius 3 is 1.95 bits per heavy atom. The predicted octanol–water partition coefficient (Wildman–Crippen LogP) is 8.12. The monoisotopic (exact) mass is 606 g/mol. The zero-order valence-corrected chi connectivity index (χ0v) is 28.2. The van der Waals surface area contributed by atoms with Crippen LogP contribution >= 0.6 is 0 Å². The Kier molecular flexibility index (Phi) is 11.3. The average molecular weight is 607 g/mol. The lowest BCUT2D eigenvalue weighted by atomic mass is 9.60. The van der Waals surface area contributed by atoms with Gasteiger partial charge in [-0.15, -0.1) is 0 Å². The van der Waals surface area contributed by atoms with Crippen molar-refractivity contribution in [2.75, 3.05) is 25.1 Å². The van der Waals surface area contributed by atoms with Crippen LogP contribution in [0, 0.1) is 63.5 Å². The van der Waals surface area contributed by atoms with Crippen LogP contribution in [0.3, 0.4) is 0 Å². The van der Waals surface area contributed by atoms with Crippen LogP contribution in [0.25, 0.3) is 0 Å². The lowest BCUT2D eigenvalue weighted by Crippen LogP contribution is -2.38. The molecule has 1 heterocycles. The molecule has 1 aromatic rings. The number of aryl methyl sites for hydroxylation is 1. The molecular weight excluding hydrogens is 552 g/mol. The SMILES string of the molecule is C=C(CC1CC(C)(C)CC(C)(COC#N)C1)Nc1cc(=O)c(CCOC(=C)CC2CC(C)(C)CC(C)(COC#N)C2)c(C)[nH]1. The molecule has 2 fully saturated rings. The Morgan fingerprint density at radius 1 is 0.932 bits per heavy atom. The summed E-state index contributed by atoms with van der Waals surface area (Å²) in [5.74, 6) is 2.19. The first-order valence-corrected chi connectivity index (χ1v) is 16.0. The number of rotatable bonds is 14. The molecule has 0 aliphatic heterocycles. The van der Waals surface area contributed by atoms with Gasteiger partial charge in [-0.3, -0.25) is 4.79 Å². The number of nitriles is 2. The standard InChI is InChI=1S/C36H54N4O4/c1-25(12-28-15-33(4,5)19-35(8,17-28)21-42-23-37)39-32-14-31(41)30(27(3)40-32)10-11-44-26(2)13-29-16-34(6,7)20-36(9,18-29)22-43-24-38/h14,28-29H,1-2,10-13,15-22H2,3-9H3,(H2,39,40,41). The molecular formula is C36H54N4O4. The number of nitrogens with zero attached hydrogens (tertiary/aromatic N) is 2. The van der Waals surface area contributed by atoms with Gasteiger partial charge >= 0.3 is 0 Å². The molecule has 0 bridgehead atoms. The minimum Gasteiger partial charge on any atom is -0.498 e. The lowest BCUT2D eigenvalue weighted by molar-refractivity contribution is 0.00405. The Balaban J connectivity index is 1.52. The highest BCUT2D eigenvalue weighted by atomic mass is 16.5. The number of nitrogens with one attached hydrogen (secondary N) is 2. The smallest absolute Gasteiger partial charge is 0.286 e. The van der Waals surface area contributed by atoms with Crippen LogP contribution in [-0.2, 0) is 20.6 Å². The zero-order valence-electron chi connectivity index (χ0n) is 28.2. The number of hydrogen-bond acceptors (Lipinski definition) is 7. The van der Waals surface area contributed by atoms with Gasteiger partial charge in [0.15, 0.2) is 5.43 Å². The van der Waals surface area contributed by atoms with Crippen LogP contribution in [0.5, 0.6) is 0 Å². The van der Waals surface area contributed by atoms with Crippen molar-refractivity contribution in [3.05, 3.63) is 52.2 Å². The van der Waals surface area contributed by atoms with Crippen LogP contribution in [0.15, 0.2) is 35.5 Å². The van der Waals surface area contributed by atoms with Crippen LogP contribution in [-0.4, -0.2) is 24.8 Å². The van der Waals surface area contributed by atoms with E-state index in [1.807, 2.05) is 19.4 Å². The summed E-state index contributed by atoms with van der Waals surface area (Å²) in [5, 5.41) is 21.2. The van der Waals surface area contributed by atoms with E-state index < -0.39 is 0 Å². The van der Waals surface area contributed by atoms with E-state index in [1.54, 1.807) is 6.07 Å². The van der Waals surface area contributed by atoms with E-state index in [-0.39, 0.29) is 27.1 Å². The van der Waals surface area contributed by atoms with Crippen molar-refractivity contribution in [2.24, 2.45) is 33.5 Å². The Morgan fingerprint density at radius 2 is 1.45 bits per heavy atom. The van der Waals surface area contributed by atoms with Crippen molar-refractivity contribution >= 4 is 5.82 Å². The third-order valence-corrected chi connectivity index (χ3v) is 9.40. The van der Waals surface area contributed by atoms with Gasteiger partial charge in [0, 0.05) is 46.7 Å². The molecule has 4 atom stereocenters. The van der Waals surface area contributed by atoms with E-state index in [2.05, 4.69) is 65.0 Å². The van der Waals surface area contributed by atoms with Gasteiger partial charge in [0.2, 0.25) is 0 Å². The first-order chi connectivity index (χ1) is 20.5. The van der Waals surface area contributed by atoms with Gasteiger partial charge in [-0.05, 0) is 74.5 Å². The summed E-state index contributed by atoms with van der Waals surface area (Å²) in [4.78, 5) is 16.4. The third kappa shape index (κ3) is 10.4. The molecule has 2 N–H and O–H groups in total. The van der Waals surface area contributed by atoms with Crippen molar-refractivity contribution < 1.29 is 14.2 Å². The van der Waals surface area contributed by atoms with Crippen molar-refractivity contribution in [1.82, 2.24) is 4.98 Å². The molecule has 0 saturated heterocycles. The number of anilines is 1. The summed E-state index contributed by atoms with van der Waals surface area (Å²) in [7, 11) is 0. The predicted molar refractivity (Wildman–Crippen MR) is 174 cm³/mol. The first-order valence-electron chi connectivity index (χ1n) is 16.0. The molecule has 1 aromatic heterocycles. The summed E-state index contributed by atoms with van der Waals surface area (Å²) in [5.41, 5.74) is 2.55. The molecule has 3 rings (SSSR count). The van der Waals surface area contributed by atoms with E-state index in [9.17, 15) is 4.79 Å². The average Bonchev–Trinajstić information content (AvgIpc) is 2.85. The van der Waals surface area contributed by atoms with Crippen LogP contribution in [0.1, 0.15) is 104 Å². The molecule has 2 aliphatic carbocycles. The highest BCUT2D eigenvalue weighted by molar-refractivity contribution is 5.43. The fraction of sp³-hybridized carbons (Fsp3) is 0.694. The maximum Gasteiger partial charge on any atom is 0.286 e. The number of allylic oxidation sites excluding steroid dienone is 2. The van der Waals surface area contributed by atoms with E-state index in [0.717, 1.165) is 68.5 Å². The molecule has 4 unspecified atom stereocenters. The largest absolute Gasteiger partial charge is 0.498 e. The van der Waals surface area contributed by atoms with Gasteiger partial charge in [0.05, 0.1) is 12.4 Å². The first kappa shape index (κ1) is 35.1. The number of hydrogen-bond donors (Lipinski definition) is 2. The number of pyridine rings is 1. The molecule has 242 valence electrons. The Bertz CT molecular complexity index is 1330. The molecule has 8 nitrogen and oxygen atoms in total. The number of aromatic nitrogens is 1. The van der Waals surface area contributed by atoms with Gasteiger partial charge in [-0.1, -0.05) is 54.7 Å². The maximum absolute atomic E-state index is 13.1. The zero-order chi connectivity index (χ0) is 32.8. The van der Waals surface area contributed by atoms with Crippen molar-refractivity contribution in [1.29, 1.82) is 10.5 Å². The van der Waals surface area contributed by atoms with E-state index in [4.69, 9.17) is 24.7 Å². The second kappa shape index (κ2) is 14.1. The summed E-state index contributed by atoms with van der Waals surface area (Å²) < 4.78 is 16.3. The van der Waals surface area contributed by atoms with E-state index >= 15 is 0 Å². The molecule has 0 aromatic carbocycles. The number of ether oxygens (including phenoxy) is 3. The topological polar surface area (TPSA) is 120 Å². The Hall–Kier alpha value is -3.39. The highest BCUT2D eigenvalue weighted by Crippen LogP contribution is 2.51. The normalized spacial score (nSPS) is 27.3. The molecule has 2 saturated carbocycles. The summed E-state index contributed by atoms with van der Waals surface area (Å²) in [6.45, 7) is 25.1. The summed E-state index contributed by atoms with van der Waals surface area (Å²) >= 11 is 0. The lowest BCUT2D eigenvalue weighted by Gasteiger charge is -2.46. The molecule has 0 radical (unpaired) electrons. The molecule has 0 amide bonds. The summed E-state index contributed by atoms with van der Waals surface area (Å²) in [6, 6.07) is 1.60. The number of H-pyrrole nitrogens is 1. The van der Waals surface area contributed by atoms with Gasteiger partial charge in [0.25, 0.3) is 12.5 Å². The molecule has 8 heteroatoms. The second-order valence-corrected chi connectivity index (χ2v) is 16.0. The van der Waals surface area contributed by atoms with Gasteiger partial charge in [-0.25, -0.2) is 0 Å². The van der Waals surface area contributed by atoms with Crippen molar-refractivity contribution in [2.45, 2.75) is 106 Å². The minimum absolute atomic E-state index is 0.0342. The Labute approximate surface area is 264 Å². The van der Waals surface area contributed by atoms with E-state index in [1.165, 1.54) is 0 Å². The fourth-order valence-electron chi connectivity index (χ4n) is 8.98. The van der Waals surface area contributed by atoms with Crippen molar-refractivity contribution in [3.63, 3.8) is 0 Å². The minimum atomic E-state index is -0.0527. The third-order valence-electron chi connectivity index (χ3n) is 9.40. The molecule has 2 aliphatic rings. The molecule has 44 heavy (non-hydrogen) atoms. The maximum atomic E-state index is 13.1. The van der Waals surface area contributed by atoms with Gasteiger partial charge in [0.1, 0.15) is 19.0 Å². The van der Waals surface area contributed by atoms with Gasteiger partial charge in [-0.2, -0.15) is 10.5 Å². The number of aromatic amines is 1. The quantitative estimate of drug-likeness (QED) is 0.162.